The van der Waals surface area contributed by atoms with Crippen LogP contribution in [-0.4, -0.2) is 18.0 Å². The van der Waals surface area contributed by atoms with Gasteiger partial charge in [-0.05, 0) is 25.7 Å². The van der Waals surface area contributed by atoms with Gasteiger partial charge in [0.05, 0.1) is 0 Å². The SMILES string of the molecule is NC(=O)C(F)(F)C1CCC(F)CC1. The topological polar surface area (TPSA) is 43.1 Å². The van der Waals surface area contributed by atoms with Crippen LogP contribution in [0.5, 0.6) is 0 Å². The van der Waals surface area contributed by atoms with Gasteiger partial charge in [0.2, 0.25) is 0 Å². The van der Waals surface area contributed by atoms with Gasteiger partial charge in [0.1, 0.15) is 6.17 Å². The van der Waals surface area contributed by atoms with Crippen LogP contribution in [-0.2, 0) is 4.79 Å². The number of hydrogen-bond acceptors (Lipinski definition) is 1. The van der Waals surface area contributed by atoms with E-state index in [4.69, 9.17) is 0 Å². The predicted octanol–water partition coefficient (Wildman–Crippen LogP) is 1.64. The van der Waals surface area contributed by atoms with Crippen LogP contribution in [0, 0.1) is 5.92 Å². The predicted molar refractivity (Wildman–Crippen MR) is 41.0 cm³/mol. The van der Waals surface area contributed by atoms with Crippen molar-refractivity contribution in [3.63, 3.8) is 0 Å². The minimum Gasteiger partial charge on any atom is -0.364 e. The van der Waals surface area contributed by atoms with Gasteiger partial charge in [0.15, 0.2) is 0 Å². The number of primary amides is 1. The minimum absolute atomic E-state index is 0.0388. The van der Waals surface area contributed by atoms with Crippen LogP contribution in [0.2, 0.25) is 0 Å². The maximum absolute atomic E-state index is 13.0. The van der Waals surface area contributed by atoms with Crippen LogP contribution in [0.3, 0.4) is 0 Å². The summed E-state index contributed by atoms with van der Waals surface area (Å²) in [6.07, 6.45) is -0.713. The van der Waals surface area contributed by atoms with E-state index in [2.05, 4.69) is 5.73 Å². The highest BCUT2D eigenvalue weighted by atomic mass is 19.3. The first kappa shape index (κ1) is 10.3. The summed E-state index contributed by atoms with van der Waals surface area (Å²) in [5.74, 6) is -6.15. The van der Waals surface area contributed by atoms with Crippen molar-refractivity contribution in [1.82, 2.24) is 0 Å². The fraction of sp³-hybridized carbons (Fsp3) is 0.875. The number of hydrogen-bond donors (Lipinski definition) is 1. The molecular formula is C8H12F3NO. The highest BCUT2D eigenvalue weighted by molar-refractivity contribution is 5.81. The average molecular weight is 195 g/mol. The second-order valence-corrected chi connectivity index (χ2v) is 3.44. The van der Waals surface area contributed by atoms with Crippen LogP contribution in [0.25, 0.3) is 0 Å². The molecule has 1 saturated carbocycles. The van der Waals surface area contributed by atoms with Gasteiger partial charge in [-0.3, -0.25) is 4.79 Å². The van der Waals surface area contributed by atoms with Crippen molar-refractivity contribution < 1.29 is 18.0 Å². The number of carbonyl (C=O) groups is 1. The number of carbonyl (C=O) groups excluding carboxylic acids is 1. The molecule has 0 unspecified atom stereocenters. The molecule has 0 aromatic rings. The van der Waals surface area contributed by atoms with Gasteiger partial charge >= 0.3 is 5.92 Å². The van der Waals surface area contributed by atoms with Crippen molar-refractivity contribution in [3.8, 4) is 0 Å². The number of amides is 1. The third kappa shape index (κ3) is 2.14. The summed E-state index contributed by atoms with van der Waals surface area (Å²) < 4.78 is 38.5. The van der Waals surface area contributed by atoms with Crippen LogP contribution >= 0.6 is 0 Å². The first-order valence-corrected chi connectivity index (χ1v) is 4.26. The summed E-state index contributed by atoms with van der Waals surface area (Å²) >= 11 is 0. The first-order valence-electron chi connectivity index (χ1n) is 4.26. The molecule has 2 N–H and O–H groups in total. The highest BCUT2D eigenvalue weighted by Crippen LogP contribution is 2.37. The van der Waals surface area contributed by atoms with E-state index < -0.39 is 23.9 Å². The summed E-state index contributed by atoms with van der Waals surface area (Å²) in [5, 5.41) is 0. The number of rotatable bonds is 2. The van der Waals surface area contributed by atoms with Crippen molar-refractivity contribution in [1.29, 1.82) is 0 Å². The second-order valence-electron chi connectivity index (χ2n) is 3.44. The molecule has 0 spiro atoms. The fourth-order valence-corrected chi connectivity index (χ4v) is 1.62. The molecule has 0 radical (unpaired) electrons. The van der Waals surface area contributed by atoms with Crippen molar-refractivity contribution in [2.45, 2.75) is 37.8 Å². The molecule has 0 bridgehead atoms. The molecule has 13 heavy (non-hydrogen) atoms. The Morgan fingerprint density at radius 1 is 1.23 bits per heavy atom. The Balaban J connectivity index is 2.58. The van der Waals surface area contributed by atoms with E-state index in [1.807, 2.05) is 0 Å². The first-order chi connectivity index (χ1) is 5.94. The lowest BCUT2D eigenvalue weighted by Gasteiger charge is -2.28. The standard InChI is InChI=1S/C8H12F3NO/c9-6-3-1-5(2-4-6)8(10,11)7(12)13/h5-6H,1-4H2,(H2,12,13). The summed E-state index contributed by atoms with van der Waals surface area (Å²) in [6.45, 7) is 0. The van der Waals surface area contributed by atoms with Crippen LogP contribution in [0.15, 0.2) is 0 Å². The molecule has 76 valence electrons. The third-order valence-corrected chi connectivity index (χ3v) is 2.50. The van der Waals surface area contributed by atoms with E-state index >= 15 is 0 Å². The zero-order valence-electron chi connectivity index (χ0n) is 7.10. The molecule has 1 aliphatic carbocycles. The largest absolute Gasteiger partial charge is 0.364 e. The third-order valence-electron chi connectivity index (χ3n) is 2.50. The maximum atomic E-state index is 13.0. The quantitative estimate of drug-likeness (QED) is 0.715. The molecule has 5 heteroatoms. The molecule has 1 fully saturated rings. The molecule has 1 amide bonds. The zero-order valence-corrected chi connectivity index (χ0v) is 7.10. The van der Waals surface area contributed by atoms with Crippen LogP contribution in [0.1, 0.15) is 25.7 Å². The van der Waals surface area contributed by atoms with Crippen molar-refractivity contribution in [3.05, 3.63) is 0 Å². The molecule has 0 aromatic heterocycles. The summed E-state index contributed by atoms with van der Waals surface area (Å²) in [5.41, 5.74) is 4.55. The van der Waals surface area contributed by atoms with Crippen LogP contribution in [0.4, 0.5) is 13.2 Å². The van der Waals surface area contributed by atoms with E-state index in [9.17, 15) is 18.0 Å². The molecule has 0 aliphatic heterocycles. The van der Waals surface area contributed by atoms with Gasteiger partial charge in [-0.1, -0.05) is 0 Å². The van der Waals surface area contributed by atoms with Gasteiger partial charge in [-0.25, -0.2) is 4.39 Å². The number of halogens is 3. The summed E-state index contributed by atoms with van der Waals surface area (Å²) in [7, 11) is 0. The Bertz CT molecular complexity index is 200. The lowest BCUT2D eigenvalue weighted by Crippen LogP contribution is -2.43. The average Bonchev–Trinajstić information content (AvgIpc) is 2.04. The normalized spacial score (nSPS) is 30.1. The lowest BCUT2D eigenvalue weighted by molar-refractivity contribution is -0.153. The van der Waals surface area contributed by atoms with E-state index in [1.54, 1.807) is 0 Å². The minimum atomic E-state index is -3.47. The fourth-order valence-electron chi connectivity index (χ4n) is 1.62. The molecule has 2 nitrogen and oxygen atoms in total. The van der Waals surface area contributed by atoms with Gasteiger partial charge in [0, 0.05) is 5.92 Å². The number of nitrogens with two attached hydrogens (primary N) is 1. The Hall–Kier alpha value is -0.740. The Morgan fingerprint density at radius 2 is 1.69 bits per heavy atom. The molecule has 0 aromatic carbocycles. The van der Waals surface area contributed by atoms with Gasteiger partial charge in [-0.15, -0.1) is 0 Å². The lowest BCUT2D eigenvalue weighted by atomic mass is 9.83. The van der Waals surface area contributed by atoms with Crippen LogP contribution < -0.4 is 5.73 Å². The molecule has 0 atom stereocenters. The van der Waals surface area contributed by atoms with Crippen molar-refractivity contribution in [2.75, 3.05) is 0 Å². The zero-order chi connectivity index (χ0) is 10.1. The van der Waals surface area contributed by atoms with Gasteiger partial charge < -0.3 is 5.73 Å². The van der Waals surface area contributed by atoms with Gasteiger partial charge in [-0.2, -0.15) is 8.78 Å². The second kappa shape index (κ2) is 3.55. The highest BCUT2D eigenvalue weighted by Gasteiger charge is 2.46. The summed E-state index contributed by atoms with van der Waals surface area (Å²) in [6, 6.07) is 0. The van der Waals surface area contributed by atoms with E-state index in [0.29, 0.717) is 0 Å². The van der Waals surface area contributed by atoms with E-state index in [1.165, 1.54) is 0 Å². The molecule has 1 aliphatic rings. The van der Waals surface area contributed by atoms with E-state index in [-0.39, 0.29) is 25.7 Å². The van der Waals surface area contributed by atoms with Crippen molar-refractivity contribution in [2.24, 2.45) is 11.7 Å². The van der Waals surface area contributed by atoms with E-state index in [0.717, 1.165) is 0 Å². The Labute approximate surface area is 74.3 Å². The Kier molecular flexibility index (Phi) is 2.83. The van der Waals surface area contributed by atoms with Crippen molar-refractivity contribution >= 4 is 5.91 Å². The molecule has 1 rings (SSSR count). The number of alkyl halides is 3. The molecular weight excluding hydrogens is 183 g/mol. The maximum Gasteiger partial charge on any atom is 0.327 e. The smallest absolute Gasteiger partial charge is 0.327 e. The molecule has 0 heterocycles. The van der Waals surface area contributed by atoms with Gasteiger partial charge in [0.25, 0.3) is 5.91 Å². The Morgan fingerprint density at radius 3 is 2.08 bits per heavy atom. The monoisotopic (exact) mass is 195 g/mol. The molecule has 0 saturated heterocycles. The summed E-state index contributed by atoms with van der Waals surface area (Å²) in [4.78, 5) is 10.4.